The van der Waals surface area contributed by atoms with Crippen molar-refractivity contribution in [1.82, 2.24) is 4.98 Å². The Morgan fingerprint density at radius 2 is 2.17 bits per heavy atom. The monoisotopic (exact) mass is 253 g/mol. The van der Waals surface area contributed by atoms with Crippen LogP contribution in [0.2, 0.25) is 0 Å². The van der Waals surface area contributed by atoms with Gasteiger partial charge in [-0.05, 0) is 39.3 Å². The van der Waals surface area contributed by atoms with Gasteiger partial charge in [-0.3, -0.25) is 0 Å². The van der Waals surface area contributed by atoms with Crippen LogP contribution in [0.4, 0.5) is 11.5 Å². The Labute approximate surface area is 108 Å². The Hall–Kier alpha value is -1.49. The van der Waals surface area contributed by atoms with Gasteiger partial charge in [-0.25, -0.2) is 0 Å². The lowest BCUT2D eigenvalue weighted by atomic mass is 10.0. The summed E-state index contributed by atoms with van der Waals surface area (Å²) >= 11 is 0. The minimum Gasteiger partial charge on any atom is -0.473 e. The van der Waals surface area contributed by atoms with Crippen LogP contribution in [0.1, 0.15) is 34.1 Å². The minimum absolute atomic E-state index is 0.0189. The zero-order chi connectivity index (χ0) is 13.8. The fraction of sp³-hybridized carbons (Fsp3) is 0.615. The molecule has 1 heterocycles. The molecule has 1 unspecified atom stereocenters. The lowest BCUT2D eigenvalue weighted by Gasteiger charge is -2.28. The van der Waals surface area contributed by atoms with Crippen molar-refractivity contribution in [2.75, 3.05) is 17.7 Å². The number of pyridine rings is 1. The number of nitrogens with two attached hydrogens (primary N) is 1. The van der Waals surface area contributed by atoms with E-state index in [0.29, 0.717) is 17.4 Å². The van der Waals surface area contributed by atoms with Crippen molar-refractivity contribution in [1.29, 1.82) is 0 Å². The first-order valence-electron chi connectivity index (χ1n) is 6.22. The van der Waals surface area contributed by atoms with Crippen LogP contribution in [-0.4, -0.2) is 28.3 Å². The van der Waals surface area contributed by atoms with Gasteiger partial charge in [0.15, 0.2) is 0 Å². The van der Waals surface area contributed by atoms with Gasteiger partial charge < -0.3 is 20.9 Å². The van der Waals surface area contributed by atoms with Crippen molar-refractivity contribution in [2.24, 2.45) is 0 Å². The van der Waals surface area contributed by atoms with Gasteiger partial charge in [0.1, 0.15) is 5.82 Å². The summed E-state index contributed by atoms with van der Waals surface area (Å²) in [5.74, 6) is 1.07. The predicted molar refractivity (Wildman–Crippen MR) is 73.8 cm³/mol. The molecule has 0 saturated heterocycles. The zero-order valence-electron chi connectivity index (χ0n) is 11.5. The van der Waals surface area contributed by atoms with Crippen LogP contribution in [-0.2, 0) is 0 Å². The van der Waals surface area contributed by atoms with E-state index in [1.165, 1.54) is 0 Å². The number of aliphatic hydroxyl groups is 1. The molecule has 0 amide bonds. The third-order valence-electron chi connectivity index (χ3n) is 2.80. The highest BCUT2D eigenvalue weighted by Gasteiger charge is 2.21. The van der Waals surface area contributed by atoms with Crippen LogP contribution in [0, 0.1) is 0 Å². The molecule has 4 N–H and O–H groups in total. The van der Waals surface area contributed by atoms with E-state index >= 15 is 0 Å². The Morgan fingerprint density at radius 1 is 1.50 bits per heavy atom. The molecule has 0 bridgehead atoms. The van der Waals surface area contributed by atoms with Gasteiger partial charge in [-0.15, -0.1) is 0 Å². The Kier molecular flexibility index (Phi) is 4.78. The van der Waals surface area contributed by atoms with Gasteiger partial charge in [0.25, 0.3) is 0 Å². The molecular formula is C13H23N3O2. The van der Waals surface area contributed by atoms with Crippen LogP contribution in [0.5, 0.6) is 5.88 Å². The third-order valence-corrected chi connectivity index (χ3v) is 2.80. The fourth-order valence-corrected chi connectivity index (χ4v) is 1.39. The highest BCUT2D eigenvalue weighted by molar-refractivity contribution is 5.54. The van der Waals surface area contributed by atoms with Gasteiger partial charge in [-0.1, -0.05) is 6.92 Å². The van der Waals surface area contributed by atoms with E-state index in [-0.39, 0.29) is 12.7 Å². The van der Waals surface area contributed by atoms with E-state index in [2.05, 4.69) is 10.3 Å². The first-order chi connectivity index (χ1) is 8.40. The molecular weight excluding hydrogens is 230 g/mol. The molecule has 0 aliphatic heterocycles. The number of rotatable bonds is 6. The second-order valence-corrected chi connectivity index (χ2v) is 4.95. The number of anilines is 2. The summed E-state index contributed by atoms with van der Waals surface area (Å²) in [6.07, 6.45) is 0.807. The van der Waals surface area contributed by atoms with Crippen molar-refractivity contribution in [3.8, 4) is 5.88 Å². The Morgan fingerprint density at radius 3 is 2.67 bits per heavy atom. The van der Waals surface area contributed by atoms with Gasteiger partial charge in [-0.2, -0.15) is 4.98 Å². The summed E-state index contributed by atoms with van der Waals surface area (Å²) in [5.41, 5.74) is 5.92. The van der Waals surface area contributed by atoms with Crippen LogP contribution in [0.3, 0.4) is 0 Å². The molecule has 0 aromatic carbocycles. The van der Waals surface area contributed by atoms with Gasteiger partial charge in [0.2, 0.25) is 5.88 Å². The minimum atomic E-state index is -0.391. The number of nitrogen functional groups attached to an aromatic ring is 1. The largest absolute Gasteiger partial charge is 0.473 e. The first kappa shape index (κ1) is 14.6. The Balaban J connectivity index is 2.91. The van der Waals surface area contributed by atoms with Gasteiger partial charge in [0, 0.05) is 0 Å². The molecule has 102 valence electrons. The molecule has 1 aromatic heterocycles. The summed E-state index contributed by atoms with van der Waals surface area (Å²) < 4.78 is 5.53. The molecule has 0 radical (unpaired) electrons. The maximum Gasteiger partial charge on any atom is 0.239 e. The van der Waals surface area contributed by atoms with Crippen molar-refractivity contribution >= 4 is 11.5 Å². The standard InChI is InChI=1S/C13H23N3O2/c1-5-13(4,8-17)16-11-7-6-10(14)12(15-11)18-9(2)3/h6-7,9,17H,5,8,14H2,1-4H3,(H,15,16). The van der Waals surface area contributed by atoms with E-state index in [9.17, 15) is 5.11 Å². The quantitative estimate of drug-likeness (QED) is 0.722. The first-order valence-corrected chi connectivity index (χ1v) is 6.22. The molecule has 0 aliphatic carbocycles. The SMILES string of the molecule is CCC(C)(CO)Nc1ccc(N)c(OC(C)C)n1. The number of nitrogens with zero attached hydrogens (tertiary/aromatic N) is 1. The smallest absolute Gasteiger partial charge is 0.239 e. The molecule has 1 rings (SSSR count). The van der Waals surface area contributed by atoms with Gasteiger partial charge >= 0.3 is 0 Å². The maximum absolute atomic E-state index is 9.37. The van der Waals surface area contributed by atoms with E-state index in [0.717, 1.165) is 6.42 Å². The average Bonchev–Trinajstić information content (AvgIpc) is 2.33. The number of aliphatic hydroxyl groups excluding tert-OH is 1. The number of hydrogen-bond acceptors (Lipinski definition) is 5. The van der Waals surface area contributed by atoms with Crippen molar-refractivity contribution in [3.05, 3.63) is 12.1 Å². The zero-order valence-corrected chi connectivity index (χ0v) is 11.5. The van der Waals surface area contributed by atoms with Gasteiger partial charge in [0.05, 0.1) is 23.9 Å². The third kappa shape index (κ3) is 3.77. The van der Waals surface area contributed by atoms with E-state index in [1.807, 2.05) is 27.7 Å². The number of aromatic nitrogens is 1. The predicted octanol–water partition coefficient (Wildman–Crippen LogP) is 2.02. The molecule has 1 atom stereocenters. The second kappa shape index (κ2) is 5.91. The summed E-state index contributed by atoms with van der Waals surface area (Å²) in [4.78, 5) is 4.32. The van der Waals surface area contributed by atoms with Crippen molar-refractivity contribution in [3.63, 3.8) is 0 Å². The van der Waals surface area contributed by atoms with Crippen LogP contribution >= 0.6 is 0 Å². The number of hydrogen-bond donors (Lipinski definition) is 3. The van der Waals surface area contributed by atoms with Crippen LogP contribution < -0.4 is 15.8 Å². The lowest BCUT2D eigenvalue weighted by Crippen LogP contribution is -2.38. The van der Waals surface area contributed by atoms with E-state index in [1.54, 1.807) is 12.1 Å². The van der Waals surface area contributed by atoms with Crippen LogP contribution in [0.15, 0.2) is 12.1 Å². The highest BCUT2D eigenvalue weighted by Crippen LogP contribution is 2.24. The van der Waals surface area contributed by atoms with Crippen molar-refractivity contribution < 1.29 is 9.84 Å². The molecule has 5 nitrogen and oxygen atoms in total. The van der Waals surface area contributed by atoms with E-state index in [4.69, 9.17) is 10.5 Å². The molecule has 0 fully saturated rings. The lowest BCUT2D eigenvalue weighted by molar-refractivity contribution is 0.217. The Bertz CT molecular complexity index is 390. The number of nitrogens with one attached hydrogen (secondary N) is 1. The normalized spacial score (nSPS) is 14.3. The molecule has 0 aliphatic rings. The maximum atomic E-state index is 9.37. The molecule has 5 heteroatoms. The number of ether oxygens (including phenoxy) is 1. The van der Waals surface area contributed by atoms with E-state index < -0.39 is 5.54 Å². The topological polar surface area (TPSA) is 80.4 Å². The highest BCUT2D eigenvalue weighted by atomic mass is 16.5. The summed E-state index contributed by atoms with van der Waals surface area (Å²) in [7, 11) is 0. The summed E-state index contributed by atoms with van der Waals surface area (Å²) in [6, 6.07) is 3.53. The average molecular weight is 253 g/mol. The summed E-state index contributed by atoms with van der Waals surface area (Å²) in [6.45, 7) is 7.83. The molecule has 0 spiro atoms. The van der Waals surface area contributed by atoms with Crippen LogP contribution in [0.25, 0.3) is 0 Å². The fourth-order valence-electron chi connectivity index (χ4n) is 1.39. The van der Waals surface area contributed by atoms with Crippen molar-refractivity contribution in [2.45, 2.75) is 45.8 Å². The summed E-state index contributed by atoms with van der Waals surface area (Å²) in [5, 5.41) is 12.6. The molecule has 0 saturated carbocycles. The molecule has 1 aromatic rings. The molecule has 18 heavy (non-hydrogen) atoms. The second-order valence-electron chi connectivity index (χ2n) is 4.95.